The Morgan fingerprint density at radius 2 is 2.50 bits per heavy atom. The van der Waals surface area contributed by atoms with E-state index >= 15 is 0 Å². The van der Waals surface area contributed by atoms with Gasteiger partial charge in [-0.25, -0.2) is 0 Å². The predicted molar refractivity (Wildman–Crippen MR) is 60.1 cm³/mol. The lowest BCUT2D eigenvalue weighted by Gasteiger charge is -2.25. The maximum atomic E-state index is 10.7. The molecule has 2 atom stereocenters. The van der Waals surface area contributed by atoms with Crippen molar-refractivity contribution in [3.8, 4) is 0 Å². The summed E-state index contributed by atoms with van der Waals surface area (Å²) in [5.41, 5.74) is 7.88. The van der Waals surface area contributed by atoms with Gasteiger partial charge in [0.2, 0.25) is 0 Å². The monoisotopic (exact) mass is 220 g/mol. The number of rotatable bonds is 3. The SMILES string of the molecule is NC(CC1CCCc2ncccc21)C(=O)O. The fourth-order valence-corrected chi connectivity index (χ4v) is 2.35. The van der Waals surface area contributed by atoms with E-state index < -0.39 is 12.0 Å². The van der Waals surface area contributed by atoms with Crippen LogP contribution in [0.3, 0.4) is 0 Å². The molecule has 0 amide bonds. The first-order valence-electron chi connectivity index (χ1n) is 5.60. The summed E-state index contributed by atoms with van der Waals surface area (Å²) < 4.78 is 0. The van der Waals surface area contributed by atoms with E-state index in [4.69, 9.17) is 10.8 Å². The van der Waals surface area contributed by atoms with Crippen molar-refractivity contribution in [3.05, 3.63) is 29.6 Å². The first kappa shape index (κ1) is 11.1. The molecule has 0 radical (unpaired) electrons. The molecule has 4 nitrogen and oxygen atoms in total. The fourth-order valence-electron chi connectivity index (χ4n) is 2.35. The zero-order chi connectivity index (χ0) is 11.5. The summed E-state index contributed by atoms with van der Waals surface area (Å²) in [6.07, 6.45) is 5.38. The van der Waals surface area contributed by atoms with Crippen molar-refractivity contribution >= 4 is 5.97 Å². The molecule has 0 saturated carbocycles. The molecular formula is C12H16N2O2. The van der Waals surface area contributed by atoms with Crippen LogP contribution in [0.2, 0.25) is 0 Å². The highest BCUT2D eigenvalue weighted by molar-refractivity contribution is 5.73. The molecule has 1 aromatic heterocycles. The van der Waals surface area contributed by atoms with E-state index in [1.165, 1.54) is 5.56 Å². The van der Waals surface area contributed by atoms with Crippen LogP contribution in [0.1, 0.15) is 36.4 Å². The van der Waals surface area contributed by atoms with Gasteiger partial charge in [-0.1, -0.05) is 6.07 Å². The van der Waals surface area contributed by atoms with Gasteiger partial charge in [0.05, 0.1) is 0 Å². The summed E-state index contributed by atoms with van der Waals surface area (Å²) in [5, 5.41) is 8.82. The third kappa shape index (κ3) is 2.22. The smallest absolute Gasteiger partial charge is 0.320 e. The third-order valence-corrected chi connectivity index (χ3v) is 3.19. The Hall–Kier alpha value is -1.42. The van der Waals surface area contributed by atoms with Crippen LogP contribution >= 0.6 is 0 Å². The Labute approximate surface area is 94.5 Å². The zero-order valence-corrected chi connectivity index (χ0v) is 9.10. The molecule has 3 N–H and O–H groups in total. The maximum absolute atomic E-state index is 10.7. The third-order valence-electron chi connectivity index (χ3n) is 3.19. The minimum Gasteiger partial charge on any atom is -0.480 e. The average Bonchev–Trinajstić information content (AvgIpc) is 2.29. The number of carbonyl (C=O) groups is 1. The van der Waals surface area contributed by atoms with Crippen molar-refractivity contribution in [2.24, 2.45) is 5.73 Å². The molecule has 0 bridgehead atoms. The summed E-state index contributed by atoms with van der Waals surface area (Å²) in [5.74, 6) is -0.667. The molecule has 1 heterocycles. The lowest BCUT2D eigenvalue weighted by atomic mass is 9.82. The van der Waals surface area contributed by atoms with Gasteiger partial charge in [-0.2, -0.15) is 0 Å². The van der Waals surface area contributed by atoms with Gasteiger partial charge in [0.15, 0.2) is 0 Å². The van der Waals surface area contributed by atoms with E-state index in [0.717, 1.165) is 25.0 Å². The van der Waals surface area contributed by atoms with Crippen LogP contribution in [0.5, 0.6) is 0 Å². The molecule has 2 unspecified atom stereocenters. The van der Waals surface area contributed by atoms with Crippen molar-refractivity contribution in [2.45, 2.75) is 37.6 Å². The molecule has 1 aromatic rings. The van der Waals surface area contributed by atoms with Crippen LogP contribution in [-0.2, 0) is 11.2 Å². The van der Waals surface area contributed by atoms with Gasteiger partial charge in [0.1, 0.15) is 6.04 Å². The van der Waals surface area contributed by atoms with Crippen LogP contribution < -0.4 is 5.73 Å². The Morgan fingerprint density at radius 1 is 1.69 bits per heavy atom. The molecule has 86 valence electrons. The van der Waals surface area contributed by atoms with E-state index in [-0.39, 0.29) is 5.92 Å². The average molecular weight is 220 g/mol. The van der Waals surface area contributed by atoms with Gasteiger partial charge in [-0.3, -0.25) is 9.78 Å². The number of aliphatic carboxylic acids is 1. The maximum Gasteiger partial charge on any atom is 0.320 e. The minimum absolute atomic E-state index is 0.253. The molecule has 4 heteroatoms. The highest BCUT2D eigenvalue weighted by Crippen LogP contribution is 2.33. The molecular weight excluding hydrogens is 204 g/mol. The van der Waals surface area contributed by atoms with Crippen molar-refractivity contribution in [1.82, 2.24) is 4.98 Å². The van der Waals surface area contributed by atoms with Gasteiger partial charge in [-0.15, -0.1) is 0 Å². The standard InChI is InChI=1S/C12H16N2O2/c13-10(12(15)16)7-8-3-1-5-11-9(8)4-2-6-14-11/h2,4,6,8,10H,1,3,5,7,13H2,(H,15,16). The van der Waals surface area contributed by atoms with Gasteiger partial charge in [0.25, 0.3) is 0 Å². The van der Waals surface area contributed by atoms with Crippen LogP contribution in [0.25, 0.3) is 0 Å². The Balaban J connectivity index is 2.16. The summed E-state index contributed by atoms with van der Waals surface area (Å²) in [7, 11) is 0. The second-order valence-electron chi connectivity index (χ2n) is 4.31. The zero-order valence-electron chi connectivity index (χ0n) is 9.10. The van der Waals surface area contributed by atoms with Gasteiger partial charge >= 0.3 is 5.97 Å². The van der Waals surface area contributed by atoms with E-state index in [1.54, 1.807) is 6.20 Å². The number of hydrogen-bond acceptors (Lipinski definition) is 3. The minimum atomic E-state index is -0.920. The molecule has 2 rings (SSSR count). The molecule has 0 spiro atoms. The van der Waals surface area contributed by atoms with Crippen molar-refractivity contribution in [2.75, 3.05) is 0 Å². The predicted octanol–water partition coefficient (Wildman–Crippen LogP) is 1.30. The Kier molecular flexibility index (Phi) is 3.19. The van der Waals surface area contributed by atoms with Crippen LogP contribution in [0.15, 0.2) is 18.3 Å². The Morgan fingerprint density at radius 3 is 3.25 bits per heavy atom. The first-order chi connectivity index (χ1) is 7.68. The quantitative estimate of drug-likeness (QED) is 0.805. The summed E-state index contributed by atoms with van der Waals surface area (Å²) >= 11 is 0. The lowest BCUT2D eigenvalue weighted by molar-refractivity contribution is -0.138. The second kappa shape index (κ2) is 4.61. The molecule has 0 aliphatic heterocycles. The molecule has 0 aromatic carbocycles. The second-order valence-corrected chi connectivity index (χ2v) is 4.31. The molecule has 0 fully saturated rings. The van der Waals surface area contributed by atoms with Crippen molar-refractivity contribution in [3.63, 3.8) is 0 Å². The summed E-state index contributed by atoms with van der Waals surface area (Å²) in [6.45, 7) is 0. The number of aromatic nitrogens is 1. The fraction of sp³-hybridized carbons (Fsp3) is 0.500. The molecule has 1 aliphatic rings. The van der Waals surface area contributed by atoms with E-state index in [0.29, 0.717) is 6.42 Å². The summed E-state index contributed by atoms with van der Waals surface area (Å²) in [4.78, 5) is 15.1. The van der Waals surface area contributed by atoms with E-state index in [1.807, 2.05) is 12.1 Å². The number of aryl methyl sites for hydroxylation is 1. The van der Waals surface area contributed by atoms with Crippen molar-refractivity contribution in [1.29, 1.82) is 0 Å². The number of carboxylic acids is 1. The number of fused-ring (bicyclic) bond motifs is 1. The number of carboxylic acid groups (broad SMARTS) is 1. The van der Waals surface area contributed by atoms with Crippen LogP contribution in [0.4, 0.5) is 0 Å². The van der Waals surface area contributed by atoms with Crippen molar-refractivity contribution < 1.29 is 9.90 Å². The highest BCUT2D eigenvalue weighted by atomic mass is 16.4. The number of pyridine rings is 1. The van der Waals surface area contributed by atoms with Crippen LogP contribution in [0, 0.1) is 0 Å². The molecule has 1 aliphatic carbocycles. The Bertz CT molecular complexity index is 392. The lowest BCUT2D eigenvalue weighted by Crippen LogP contribution is -2.32. The number of nitrogens with two attached hydrogens (primary N) is 1. The first-order valence-corrected chi connectivity index (χ1v) is 5.60. The summed E-state index contributed by atoms with van der Waals surface area (Å²) in [6, 6.07) is 3.18. The normalized spacial score (nSPS) is 21.2. The number of nitrogens with zero attached hydrogens (tertiary/aromatic N) is 1. The molecule has 0 saturated heterocycles. The van der Waals surface area contributed by atoms with E-state index in [9.17, 15) is 4.79 Å². The van der Waals surface area contributed by atoms with Gasteiger partial charge in [0, 0.05) is 11.9 Å². The highest BCUT2D eigenvalue weighted by Gasteiger charge is 2.25. The van der Waals surface area contributed by atoms with Crippen LogP contribution in [-0.4, -0.2) is 22.1 Å². The topological polar surface area (TPSA) is 76.2 Å². The largest absolute Gasteiger partial charge is 0.480 e. The van der Waals surface area contributed by atoms with Gasteiger partial charge in [-0.05, 0) is 43.2 Å². The van der Waals surface area contributed by atoms with E-state index in [2.05, 4.69) is 4.98 Å². The van der Waals surface area contributed by atoms with Gasteiger partial charge < -0.3 is 10.8 Å². The molecule has 16 heavy (non-hydrogen) atoms. The number of hydrogen-bond donors (Lipinski definition) is 2.